The van der Waals surface area contributed by atoms with Gasteiger partial charge in [-0.05, 0) is 34.8 Å². The highest BCUT2D eigenvalue weighted by atomic mass is 32.2. The van der Waals surface area contributed by atoms with Gasteiger partial charge in [-0.2, -0.15) is 0 Å². The van der Waals surface area contributed by atoms with Crippen LogP contribution in [0.2, 0.25) is 0 Å². The molecule has 0 saturated heterocycles. The Morgan fingerprint density at radius 3 is 2.78 bits per heavy atom. The van der Waals surface area contributed by atoms with Gasteiger partial charge in [-0.1, -0.05) is 30.3 Å². The summed E-state index contributed by atoms with van der Waals surface area (Å²) < 4.78 is 5.27. The minimum Gasteiger partial charge on any atom is -0.453 e. The molecular weight excluding hydrogens is 310 g/mol. The molecule has 0 aliphatic carbocycles. The molecule has 1 aromatic carbocycles. The van der Waals surface area contributed by atoms with Crippen molar-refractivity contribution in [1.82, 2.24) is 5.32 Å². The maximum atomic E-state index is 12.0. The Balaban J connectivity index is 1.72. The number of esters is 1. The van der Waals surface area contributed by atoms with Crippen LogP contribution in [-0.2, 0) is 14.3 Å². The zero-order valence-corrected chi connectivity index (χ0v) is 13.8. The van der Waals surface area contributed by atoms with Crippen LogP contribution in [0.3, 0.4) is 0 Å². The van der Waals surface area contributed by atoms with E-state index in [4.69, 9.17) is 4.74 Å². The summed E-state index contributed by atoms with van der Waals surface area (Å²) in [6, 6.07) is 8.10. The van der Waals surface area contributed by atoms with Gasteiger partial charge in [-0.25, -0.2) is 4.79 Å². The maximum Gasteiger partial charge on any atom is 0.339 e. The highest BCUT2D eigenvalue weighted by molar-refractivity contribution is 8.02. The normalized spacial score (nSPS) is 23.3. The van der Waals surface area contributed by atoms with E-state index in [1.54, 1.807) is 6.08 Å². The summed E-state index contributed by atoms with van der Waals surface area (Å²) in [4.78, 5) is 22.9. The monoisotopic (exact) mass is 329 g/mol. The van der Waals surface area contributed by atoms with Crippen molar-refractivity contribution < 1.29 is 14.3 Å². The maximum absolute atomic E-state index is 12.0. The lowest BCUT2D eigenvalue weighted by molar-refractivity contribution is -0.138. The van der Waals surface area contributed by atoms with Crippen LogP contribution in [0, 0.1) is 0 Å². The highest BCUT2D eigenvalue weighted by Crippen LogP contribution is 2.30. The fourth-order valence-corrected chi connectivity index (χ4v) is 3.57. The fraction of sp³-hybridized carbons (Fsp3) is 0.333. The van der Waals surface area contributed by atoms with E-state index in [2.05, 4.69) is 28.9 Å². The predicted octanol–water partition coefficient (Wildman–Crippen LogP) is 2.87. The van der Waals surface area contributed by atoms with E-state index in [9.17, 15) is 9.59 Å². The van der Waals surface area contributed by atoms with Crippen molar-refractivity contribution in [2.24, 2.45) is 0 Å². The van der Waals surface area contributed by atoms with Gasteiger partial charge in [0, 0.05) is 12.8 Å². The average Bonchev–Trinajstić information content (AvgIpc) is 2.95. The van der Waals surface area contributed by atoms with Gasteiger partial charge in [0.15, 0.2) is 0 Å². The number of allylic oxidation sites excluding steroid dienone is 1. The summed E-state index contributed by atoms with van der Waals surface area (Å²) in [5.41, 5.74) is 2.70. The lowest BCUT2D eigenvalue weighted by Crippen LogP contribution is -2.29. The molecule has 2 heterocycles. The van der Waals surface area contributed by atoms with E-state index in [0.717, 1.165) is 17.7 Å². The first-order chi connectivity index (χ1) is 11.1. The van der Waals surface area contributed by atoms with Crippen molar-refractivity contribution in [1.29, 1.82) is 0 Å². The summed E-state index contributed by atoms with van der Waals surface area (Å²) >= 11 is 1.84. The molecule has 5 heteroatoms. The molecule has 1 aromatic rings. The zero-order chi connectivity index (χ0) is 16.2. The molecule has 1 N–H and O–H groups in total. The first kappa shape index (κ1) is 15.9. The summed E-state index contributed by atoms with van der Waals surface area (Å²) in [6.07, 6.45) is 4.77. The van der Waals surface area contributed by atoms with Crippen LogP contribution in [0.4, 0.5) is 0 Å². The minimum absolute atomic E-state index is 0.133. The van der Waals surface area contributed by atoms with Crippen molar-refractivity contribution in [2.45, 2.75) is 25.4 Å². The number of amides is 1. The van der Waals surface area contributed by atoms with Gasteiger partial charge < -0.3 is 10.1 Å². The van der Waals surface area contributed by atoms with E-state index in [-0.39, 0.29) is 18.0 Å². The van der Waals surface area contributed by atoms with Crippen LogP contribution in [-0.4, -0.2) is 30.3 Å². The Kier molecular flexibility index (Phi) is 4.86. The third-order valence-electron chi connectivity index (χ3n) is 3.99. The first-order valence-corrected chi connectivity index (χ1v) is 8.74. The number of cyclic esters (lactones) is 1. The standard InChI is InChI=1S/C18H19NO3S/c1-12(20)19-11-16-10-17(18(21)22-16)15-4-2-13(3-5-15)14-6-8-23-9-7-14/h2-6,8,10,14,16H,7,9,11H2,1H3,(H,19,20). The second-order valence-electron chi connectivity index (χ2n) is 5.68. The molecule has 2 unspecified atom stereocenters. The molecule has 2 atom stereocenters. The fourth-order valence-electron chi connectivity index (χ4n) is 2.75. The molecule has 0 saturated carbocycles. The number of benzene rings is 1. The third-order valence-corrected chi connectivity index (χ3v) is 4.81. The van der Waals surface area contributed by atoms with Gasteiger partial charge >= 0.3 is 5.97 Å². The van der Waals surface area contributed by atoms with E-state index in [1.807, 2.05) is 23.9 Å². The second-order valence-corrected chi connectivity index (χ2v) is 6.69. The van der Waals surface area contributed by atoms with E-state index in [1.165, 1.54) is 12.5 Å². The second kappa shape index (κ2) is 7.04. The number of rotatable bonds is 4. The largest absolute Gasteiger partial charge is 0.453 e. The zero-order valence-electron chi connectivity index (χ0n) is 13.0. The van der Waals surface area contributed by atoms with Gasteiger partial charge in [-0.3, -0.25) is 4.79 Å². The van der Waals surface area contributed by atoms with Crippen LogP contribution in [0.25, 0.3) is 5.57 Å². The molecule has 120 valence electrons. The van der Waals surface area contributed by atoms with Gasteiger partial charge in [-0.15, -0.1) is 11.8 Å². The van der Waals surface area contributed by atoms with Crippen molar-refractivity contribution in [3.63, 3.8) is 0 Å². The average molecular weight is 329 g/mol. The number of hydrogen-bond acceptors (Lipinski definition) is 4. The number of carbonyl (C=O) groups excluding carboxylic acids is 2. The van der Waals surface area contributed by atoms with E-state index in [0.29, 0.717) is 18.0 Å². The molecule has 0 aromatic heterocycles. The first-order valence-electron chi connectivity index (χ1n) is 7.69. The lowest BCUT2D eigenvalue weighted by atomic mass is 9.94. The highest BCUT2D eigenvalue weighted by Gasteiger charge is 2.26. The summed E-state index contributed by atoms with van der Waals surface area (Å²) in [5, 5.41) is 4.82. The van der Waals surface area contributed by atoms with Gasteiger partial charge in [0.25, 0.3) is 0 Å². The topological polar surface area (TPSA) is 55.4 Å². The number of nitrogens with one attached hydrogen (secondary N) is 1. The van der Waals surface area contributed by atoms with Crippen molar-refractivity contribution in [2.75, 3.05) is 12.3 Å². The number of hydrogen-bond donors (Lipinski definition) is 1. The minimum atomic E-state index is -0.389. The molecular formula is C18H19NO3S. The van der Waals surface area contributed by atoms with Gasteiger partial charge in [0.1, 0.15) is 6.10 Å². The van der Waals surface area contributed by atoms with Crippen molar-refractivity contribution in [3.8, 4) is 0 Å². The quantitative estimate of drug-likeness (QED) is 0.863. The smallest absolute Gasteiger partial charge is 0.339 e. The molecule has 0 fully saturated rings. The molecule has 0 spiro atoms. The molecule has 1 amide bonds. The molecule has 4 nitrogen and oxygen atoms in total. The van der Waals surface area contributed by atoms with E-state index >= 15 is 0 Å². The Hall–Kier alpha value is -2.01. The SMILES string of the molecule is CC(=O)NCC1C=C(c2ccc(C3C=CSCC3)cc2)C(=O)O1. The molecule has 0 bridgehead atoms. The number of ether oxygens (including phenoxy) is 1. The van der Waals surface area contributed by atoms with Gasteiger partial charge in [0.2, 0.25) is 5.91 Å². The number of thioether (sulfide) groups is 1. The van der Waals surface area contributed by atoms with E-state index < -0.39 is 0 Å². The van der Waals surface area contributed by atoms with Crippen molar-refractivity contribution in [3.05, 3.63) is 53.0 Å². The van der Waals surface area contributed by atoms with Crippen LogP contribution < -0.4 is 5.32 Å². The molecule has 2 aliphatic heterocycles. The van der Waals surface area contributed by atoms with Crippen LogP contribution in [0.5, 0.6) is 0 Å². The van der Waals surface area contributed by atoms with Crippen molar-refractivity contribution >= 4 is 29.2 Å². The van der Waals surface area contributed by atoms with Gasteiger partial charge in [0.05, 0.1) is 12.1 Å². The Bertz CT molecular complexity index is 663. The lowest BCUT2D eigenvalue weighted by Gasteiger charge is -2.16. The Labute approximate surface area is 140 Å². The summed E-state index contributed by atoms with van der Waals surface area (Å²) in [5.74, 6) is 1.14. The molecule has 0 radical (unpaired) electrons. The Morgan fingerprint density at radius 2 is 2.13 bits per heavy atom. The van der Waals surface area contributed by atoms with Crippen LogP contribution in [0.1, 0.15) is 30.4 Å². The molecule has 2 aliphatic rings. The summed E-state index contributed by atoms with van der Waals surface area (Å²) in [6.45, 7) is 1.76. The third kappa shape index (κ3) is 3.85. The van der Waals surface area contributed by atoms with Crippen LogP contribution in [0.15, 0.2) is 41.8 Å². The molecule has 23 heavy (non-hydrogen) atoms. The Morgan fingerprint density at radius 1 is 1.35 bits per heavy atom. The predicted molar refractivity (Wildman–Crippen MR) is 91.9 cm³/mol. The van der Waals surface area contributed by atoms with Crippen LogP contribution >= 0.6 is 11.8 Å². The summed E-state index contributed by atoms with van der Waals surface area (Å²) in [7, 11) is 0. The number of carbonyl (C=O) groups is 2. The molecule has 3 rings (SSSR count).